The molecule has 9 rings (SSSR count). The van der Waals surface area contributed by atoms with Gasteiger partial charge in [0.1, 0.15) is 16.8 Å². The molecule has 0 unspecified atom stereocenters. The second-order valence-electron chi connectivity index (χ2n) is 14.7. The van der Waals surface area contributed by atoms with E-state index < -0.39 is 13.7 Å². The van der Waals surface area contributed by atoms with Crippen LogP contribution in [0, 0.1) is 20.6 Å². The van der Waals surface area contributed by atoms with Gasteiger partial charge in [0.2, 0.25) is 0 Å². The molecule has 0 spiro atoms. The van der Waals surface area contributed by atoms with Crippen molar-refractivity contribution in [1.29, 1.82) is 0 Å². The van der Waals surface area contributed by atoms with Crippen molar-refractivity contribution in [1.82, 2.24) is 9.55 Å². The lowest BCUT2D eigenvalue weighted by atomic mass is 9.88. The highest BCUT2D eigenvalue weighted by atomic mass is 16.3. The van der Waals surface area contributed by atoms with Gasteiger partial charge in [-0.2, -0.15) is 4.57 Å². The maximum Gasteiger partial charge on any atom is 0.299 e. The van der Waals surface area contributed by atoms with Crippen LogP contribution in [0.5, 0.6) is 0 Å². The molecule has 0 aliphatic heterocycles. The average molecular weight is 685 g/mol. The summed E-state index contributed by atoms with van der Waals surface area (Å²) < 4.78 is 61.9. The molecule has 0 N–H and O–H groups in total. The number of pyridine rings is 1. The lowest BCUT2D eigenvalue weighted by Crippen LogP contribution is -2.30. The van der Waals surface area contributed by atoms with Crippen molar-refractivity contribution in [2.45, 2.75) is 60.2 Å². The minimum Gasteiger partial charge on any atom is -0.455 e. The van der Waals surface area contributed by atoms with Gasteiger partial charge in [0.25, 0.3) is 5.82 Å². The Bertz CT molecular complexity index is 3090. The molecule has 6 aromatic carbocycles. The third-order valence-electron chi connectivity index (χ3n) is 10.7. The fourth-order valence-corrected chi connectivity index (χ4v) is 8.20. The molecule has 0 aliphatic rings. The molecule has 52 heavy (non-hydrogen) atoms. The Labute approximate surface area is 313 Å². The normalized spacial score (nSPS) is 14.4. The molecule has 0 saturated heterocycles. The third kappa shape index (κ3) is 4.81. The number of para-hydroxylation sites is 2. The zero-order valence-corrected chi connectivity index (χ0v) is 30.3. The minimum absolute atomic E-state index is 0.0125. The molecule has 9 aromatic rings. The van der Waals surface area contributed by atoms with Gasteiger partial charge in [0.05, 0.1) is 12.6 Å². The summed E-state index contributed by atoms with van der Waals surface area (Å²) in [6, 6.07) is 36.4. The Morgan fingerprint density at radius 2 is 1.42 bits per heavy atom. The molecule has 0 fully saturated rings. The Morgan fingerprint density at radius 1 is 0.712 bits per heavy atom. The smallest absolute Gasteiger partial charge is 0.299 e. The van der Waals surface area contributed by atoms with Crippen LogP contribution in [-0.4, -0.2) is 9.55 Å². The first-order valence-electron chi connectivity index (χ1n) is 21.0. The molecule has 0 radical (unpaired) electrons. The summed E-state index contributed by atoms with van der Waals surface area (Å²) in [6.45, 7) is 6.10. The lowest BCUT2D eigenvalue weighted by Gasteiger charge is -2.21. The summed E-state index contributed by atoms with van der Waals surface area (Å²) in [6.07, 6.45) is 0. The van der Waals surface area contributed by atoms with Crippen LogP contribution in [0.4, 0.5) is 0 Å². The highest BCUT2D eigenvalue weighted by molar-refractivity contribution is 6.18. The Kier molecular flexibility index (Phi) is 5.98. The minimum atomic E-state index is -2.44. The first-order chi connectivity index (χ1) is 27.5. The van der Waals surface area contributed by atoms with Crippen molar-refractivity contribution in [3.63, 3.8) is 0 Å². The molecule has 0 atom stereocenters. The predicted molar refractivity (Wildman–Crippen MR) is 218 cm³/mol. The van der Waals surface area contributed by atoms with E-state index in [0.717, 1.165) is 61.0 Å². The van der Waals surface area contributed by atoms with Crippen LogP contribution in [0.15, 0.2) is 114 Å². The first kappa shape index (κ1) is 26.1. The van der Waals surface area contributed by atoms with E-state index >= 15 is 0 Å². The molecule has 0 saturated carbocycles. The number of furan rings is 1. The van der Waals surface area contributed by atoms with Gasteiger partial charge in [-0.1, -0.05) is 94.4 Å². The molecular weight excluding hydrogens is 635 g/mol. The van der Waals surface area contributed by atoms with Crippen molar-refractivity contribution >= 4 is 54.6 Å². The molecule has 0 bridgehead atoms. The van der Waals surface area contributed by atoms with Gasteiger partial charge in [0.15, 0.2) is 16.6 Å². The second kappa shape index (κ2) is 11.9. The van der Waals surface area contributed by atoms with E-state index in [-0.39, 0.29) is 23.1 Å². The predicted octanol–water partition coefficient (Wildman–Crippen LogP) is 12.6. The number of hydrogen-bond acceptors (Lipinski definition) is 2. The molecular formula is C48H44N3O+. The van der Waals surface area contributed by atoms with Crippen LogP contribution in [0.3, 0.4) is 0 Å². The van der Waals surface area contributed by atoms with Crippen molar-refractivity contribution in [2.75, 3.05) is 0 Å². The van der Waals surface area contributed by atoms with Gasteiger partial charge in [0, 0.05) is 46.6 Å². The van der Waals surface area contributed by atoms with Crippen LogP contribution >= 0.6 is 0 Å². The zero-order valence-electron chi connectivity index (χ0n) is 36.3. The summed E-state index contributed by atoms with van der Waals surface area (Å²) in [7, 11) is 2.07. The summed E-state index contributed by atoms with van der Waals surface area (Å²) in [5.41, 5.74) is 11.2. The van der Waals surface area contributed by atoms with Crippen molar-refractivity contribution in [3.05, 3.63) is 137 Å². The molecule has 0 aliphatic carbocycles. The number of hydrogen-bond donors (Lipinski definition) is 0. The highest BCUT2D eigenvalue weighted by Gasteiger charge is 2.34. The SMILES string of the molecule is [2H]C([2H])([2H])c1ccc2ccc3cc4c(cc3c2n1)oc1c(-c2n(-c3c(C(C)C)cc(-c5ccccc5)cc3C(C)C)c3ccccc3[n+]2C)c(C)cc(C([2H])([2H])[2H])c14. The summed E-state index contributed by atoms with van der Waals surface area (Å²) >= 11 is 0. The van der Waals surface area contributed by atoms with Crippen LogP contribution in [0.2, 0.25) is 0 Å². The van der Waals surface area contributed by atoms with Gasteiger partial charge in [-0.25, -0.2) is 4.57 Å². The Balaban J connectivity index is 1.43. The third-order valence-corrected chi connectivity index (χ3v) is 10.7. The number of rotatable bonds is 5. The first-order valence-corrected chi connectivity index (χ1v) is 18.0. The number of nitrogens with zero attached hydrogens (tertiary/aromatic N) is 3. The standard InChI is InChI=1S/C48H44N3O/c1-27(2)36-24-35(32-14-10-9-11-15-32)25-37(28(3)4)46(36)51-41-17-13-12-16-40(41)50(8)48(51)44-30(6)22-29(5)43-39-23-34-21-20-33-19-18-31(7)49-45(33)38(34)26-42(39)52-47(43)44/h9-28H,1-8H3/q+1/i5D3,7D3. The van der Waals surface area contributed by atoms with Gasteiger partial charge in [-0.15, -0.1) is 0 Å². The topological polar surface area (TPSA) is 34.8 Å². The fraction of sp³-hybridized carbons (Fsp3) is 0.208. The number of aromatic nitrogens is 3. The van der Waals surface area contributed by atoms with Crippen LogP contribution in [0.1, 0.15) is 75.7 Å². The molecule has 256 valence electrons. The fourth-order valence-electron chi connectivity index (χ4n) is 8.20. The number of imidazole rings is 1. The number of benzene rings is 6. The maximum absolute atomic E-state index is 8.76. The van der Waals surface area contributed by atoms with Crippen LogP contribution in [-0.2, 0) is 7.05 Å². The lowest BCUT2D eigenvalue weighted by molar-refractivity contribution is -0.633. The van der Waals surface area contributed by atoms with Gasteiger partial charge in [-0.3, -0.25) is 4.98 Å². The van der Waals surface area contributed by atoms with E-state index in [1.165, 1.54) is 11.1 Å². The average Bonchev–Trinajstić information content (AvgIpc) is 3.69. The van der Waals surface area contributed by atoms with Gasteiger partial charge >= 0.3 is 0 Å². The Morgan fingerprint density at radius 3 is 2.15 bits per heavy atom. The van der Waals surface area contributed by atoms with Crippen molar-refractivity contribution < 1.29 is 17.2 Å². The van der Waals surface area contributed by atoms with E-state index in [9.17, 15) is 0 Å². The zero-order chi connectivity index (χ0) is 41.0. The van der Waals surface area contributed by atoms with Crippen LogP contribution < -0.4 is 4.57 Å². The Hall–Kier alpha value is -5.74. The largest absolute Gasteiger partial charge is 0.455 e. The summed E-state index contributed by atoms with van der Waals surface area (Å²) in [4.78, 5) is 4.62. The molecule has 4 nitrogen and oxygen atoms in total. The number of fused-ring (bicyclic) bond motifs is 7. The van der Waals surface area contributed by atoms with E-state index in [0.29, 0.717) is 27.5 Å². The van der Waals surface area contributed by atoms with Gasteiger partial charge in [-0.05, 0) is 103 Å². The molecule has 0 amide bonds. The molecule has 3 heterocycles. The molecule has 3 aromatic heterocycles. The number of aryl methyl sites for hydroxylation is 4. The second-order valence-corrected chi connectivity index (χ2v) is 14.7. The highest BCUT2D eigenvalue weighted by Crippen LogP contribution is 2.45. The van der Waals surface area contributed by atoms with E-state index in [2.05, 4.69) is 103 Å². The quantitative estimate of drug-likeness (QED) is 0.134. The molecule has 4 heteroatoms. The van der Waals surface area contributed by atoms with E-state index in [1.54, 1.807) is 12.1 Å². The van der Waals surface area contributed by atoms with Crippen molar-refractivity contribution in [3.8, 4) is 28.2 Å². The maximum atomic E-state index is 8.76. The van der Waals surface area contributed by atoms with Gasteiger partial charge < -0.3 is 4.42 Å². The monoisotopic (exact) mass is 684 g/mol. The summed E-state index contributed by atoms with van der Waals surface area (Å²) in [5.74, 6) is 1.21. The van der Waals surface area contributed by atoms with Crippen LogP contribution in [0.25, 0.3) is 82.8 Å². The van der Waals surface area contributed by atoms with Crippen molar-refractivity contribution in [2.24, 2.45) is 7.05 Å². The van der Waals surface area contributed by atoms with E-state index in [4.69, 9.17) is 12.6 Å². The van der Waals surface area contributed by atoms with E-state index in [1.807, 2.05) is 49.4 Å². The summed E-state index contributed by atoms with van der Waals surface area (Å²) in [5, 5.41) is 3.53.